The van der Waals surface area contributed by atoms with Gasteiger partial charge in [0.15, 0.2) is 30.5 Å². The lowest BCUT2D eigenvalue weighted by Crippen LogP contribution is -2.81. The lowest BCUT2D eigenvalue weighted by molar-refractivity contribution is -0.228. The molecule has 1 saturated carbocycles. The molecule has 0 radical (unpaired) electrons. The van der Waals surface area contributed by atoms with Gasteiger partial charge in [0.1, 0.15) is 11.2 Å². The average molecular weight is 1090 g/mol. The van der Waals surface area contributed by atoms with Crippen molar-refractivity contribution in [3.63, 3.8) is 0 Å². The molecule has 9 rings (SSSR count). The highest BCUT2D eigenvalue weighted by atomic mass is 16.6. The maximum atomic E-state index is 15.2. The summed E-state index contributed by atoms with van der Waals surface area (Å²) in [6.45, 7) is 9.36. The summed E-state index contributed by atoms with van der Waals surface area (Å²) in [5, 5.41) is 78.4. The van der Waals surface area contributed by atoms with Crippen LogP contribution in [-0.2, 0) is 65.0 Å². The molecule has 1 saturated heterocycles. The maximum absolute atomic E-state index is 15.2. The number of aliphatic hydroxyl groups is 5. The Hall–Kier alpha value is -6.73. The van der Waals surface area contributed by atoms with Crippen molar-refractivity contribution >= 4 is 53.0 Å². The molecule has 13 atom stereocenters. The van der Waals surface area contributed by atoms with Crippen molar-refractivity contribution in [1.29, 1.82) is 0 Å². The summed E-state index contributed by atoms with van der Waals surface area (Å²) in [5.41, 5.74) is 3.12. The number of hydrogen-bond donors (Lipinski definition) is 9. The molecule has 23 heteroatoms. The Morgan fingerprint density at radius 1 is 0.795 bits per heavy atom. The number of ether oxygens (including phenoxy) is 4. The molecule has 426 valence electrons. The number of carbonyl (C=O) groups excluding carboxylic acids is 3. The lowest BCUT2D eigenvalue weighted by Gasteiger charge is -2.63. The first kappa shape index (κ1) is 60.5. The van der Waals surface area contributed by atoms with Crippen LogP contribution in [0.3, 0.4) is 0 Å². The van der Waals surface area contributed by atoms with E-state index in [0.29, 0.717) is 51.1 Å². The summed E-state index contributed by atoms with van der Waals surface area (Å²) >= 11 is 0. The van der Waals surface area contributed by atoms with Crippen LogP contribution >= 0.6 is 0 Å². The number of likely N-dealkylation sites (N-methyl/N-ethyl adjacent to an activating group) is 1. The van der Waals surface area contributed by atoms with Gasteiger partial charge in [0, 0.05) is 74.3 Å². The number of methoxy groups -OCH3 is 3. The molecule has 78 heavy (non-hydrogen) atoms. The molecule has 9 N–H and O–H groups in total. The van der Waals surface area contributed by atoms with Gasteiger partial charge in [0.2, 0.25) is 5.60 Å². The fourth-order valence-corrected chi connectivity index (χ4v) is 13.7. The fourth-order valence-electron chi connectivity index (χ4n) is 13.7. The topological polar surface area (TPSA) is 348 Å². The Kier molecular flexibility index (Phi) is 17.8. The molecule has 2 aromatic rings. The van der Waals surface area contributed by atoms with E-state index in [2.05, 4.69) is 65.3 Å². The smallest absolute Gasteiger partial charge is 0.344 e. The molecule has 2 aliphatic carbocycles. The van der Waals surface area contributed by atoms with E-state index < -0.39 is 94.2 Å². The number of carbonyl (C=O) groups is 7. The van der Waals surface area contributed by atoms with Gasteiger partial charge in [-0.1, -0.05) is 69.3 Å². The van der Waals surface area contributed by atoms with Crippen LogP contribution in [0.2, 0.25) is 0 Å². The molecule has 2 aromatic carbocycles. The number of nitrogens with zero attached hydrogens (tertiary/aromatic N) is 3. The summed E-state index contributed by atoms with van der Waals surface area (Å²) in [4.78, 5) is 88.6. The Labute approximate surface area is 450 Å². The summed E-state index contributed by atoms with van der Waals surface area (Å²) in [6, 6.07) is 11.5. The molecule has 0 aromatic heterocycles. The van der Waals surface area contributed by atoms with E-state index in [1.165, 1.54) is 43.4 Å². The third-order valence-electron chi connectivity index (χ3n) is 16.7. The Morgan fingerprint density at radius 3 is 1.91 bits per heavy atom. The predicted octanol–water partition coefficient (Wildman–Crippen LogP) is 1.12. The number of esters is 3. The summed E-state index contributed by atoms with van der Waals surface area (Å²) in [5.74, 6) is -8.23. The minimum absolute atomic E-state index is 0. The van der Waals surface area contributed by atoms with E-state index in [0.717, 1.165) is 41.9 Å². The van der Waals surface area contributed by atoms with Gasteiger partial charge in [-0.25, -0.2) is 24.0 Å². The van der Waals surface area contributed by atoms with Crippen molar-refractivity contribution in [3.05, 3.63) is 88.0 Å². The monoisotopic (exact) mass is 1090 g/mol. The second kappa shape index (κ2) is 22.9. The van der Waals surface area contributed by atoms with E-state index in [1.54, 1.807) is 7.11 Å². The zero-order valence-electron chi connectivity index (χ0n) is 43.7. The van der Waals surface area contributed by atoms with E-state index in [9.17, 15) is 33.9 Å². The van der Waals surface area contributed by atoms with Gasteiger partial charge in [0.05, 0.1) is 27.4 Å². The number of aliphatic hydroxyl groups excluding tert-OH is 4. The van der Waals surface area contributed by atoms with Crippen molar-refractivity contribution < 1.29 is 98.5 Å². The van der Waals surface area contributed by atoms with Crippen molar-refractivity contribution in [2.45, 2.75) is 119 Å². The van der Waals surface area contributed by atoms with Crippen LogP contribution in [-0.4, -0.2) is 207 Å². The van der Waals surface area contributed by atoms with Crippen molar-refractivity contribution in [3.8, 4) is 5.75 Å². The molecule has 1 spiro atoms. The van der Waals surface area contributed by atoms with Gasteiger partial charge < -0.3 is 69.8 Å². The molecule has 2 fully saturated rings. The predicted molar refractivity (Wildman–Crippen MR) is 276 cm³/mol. The highest BCUT2D eigenvalue weighted by Crippen LogP contribution is 2.68. The largest absolute Gasteiger partial charge is 0.496 e. The highest BCUT2D eigenvalue weighted by Gasteiger charge is 2.80. The quantitative estimate of drug-likeness (QED) is 0.0771. The zero-order chi connectivity index (χ0) is 56.9. The maximum Gasteiger partial charge on any atom is 0.344 e. The number of aliphatic carboxylic acids is 4. The van der Waals surface area contributed by atoms with Crippen LogP contribution in [0.5, 0.6) is 5.75 Å². The average Bonchev–Trinajstić information content (AvgIpc) is 4.10. The second-order valence-electron chi connectivity index (χ2n) is 20.6. The number of carboxylic acids is 4. The van der Waals surface area contributed by atoms with Crippen LogP contribution in [0.4, 0.5) is 5.69 Å². The summed E-state index contributed by atoms with van der Waals surface area (Å²) < 4.78 is 24.0. The fraction of sp³-hybridized carbons (Fsp3) is 0.545. The third-order valence-corrected chi connectivity index (χ3v) is 16.7. The number of rotatable bonds is 13. The molecule has 5 heterocycles. The number of carboxylic acid groups (broad SMARTS) is 4. The first-order valence-corrected chi connectivity index (χ1v) is 25.1. The van der Waals surface area contributed by atoms with E-state index >= 15 is 4.79 Å². The standard InChI is InChI=1S/C46H55N3O8.2C4H6O6.CH4/c1-8-28-19-29-23-45(41(51)55-6,33-20-30-13-10-11-14-31(30)32(33)26-48(24-28)25-29)35-21-34-36(22-37(35)54-5)47(4)39-44(34)16-18-49-17-12-15-43(9-2,38(44)49)40(57-27(3)50)46(39,53)42(52)56-7;2*5-1(3(7)8)2(6)4(9)10;/h10-15,19,21-22,29,38-40,53H,8-9,16-18,20,23-26H2,1-7H3;2*1-2,5-6H,(H,7,8)(H,9,10);1H4/t29?,38-,39+,40+,43+,44+,45+,46-;2*1-,2-;/m011./s1. The van der Waals surface area contributed by atoms with Gasteiger partial charge >= 0.3 is 41.8 Å². The summed E-state index contributed by atoms with van der Waals surface area (Å²) in [7, 11) is 6.29. The molecule has 5 aliphatic heterocycles. The van der Waals surface area contributed by atoms with E-state index in [-0.39, 0.29) is 25.4 Å². The van der Waals surface area contributed by atoms with Crippen molar-refractivity contribution in [2.75, 3.05) is 66.0 Å². The third kappa shape index (κ3) is 9.61. The molecule has 2 bridgehead atoms. The Morgan fingerprint density at radius 2 is 1.38 bits per heavy atom. The van der Waals surface area contributed by atoms with Crippen molar-refractivity contribution in [1.82, 2.24) is 9.80 Å². The molecule has 7 aliphatic rings. The van der Waals surface area contributed by atoms with E-state index in [1.807, 2.05) is 24.9 Å². The number of hydrogen-bond acceptors (Lipinski definition) is 19. The van der Waals surface area contributed by atoms with Crippen LogP contribution in [0, 0.1) is 11.3 Å². The first-order valence-electron chi connectivity index (χ1n) is 25.1. The van der Waals surface area contributed by atoms with Gasteiger partial charge in [-0.3, -0.25) is 19.4 Å². The normalized spacial score (nSPS) is 30.2. The number of anilines is 1. The Bertz CT molecular complexity index is 2740. The van der Waals surface area contributed by atoms with Gasteiger partial charge in [0.25, 0.3) is 0 Å². The second-order valence-corrected chi connectivity index (χ2v) is 20.6. The van der Waals surface area contributed by atoms with Crippen LogP contribution in [0.15, 0.2) is 65.8 Å². The molecule has 2 unspecified atom stereocenters. The van der Waals surface area contributed by atoms with Crippen LogP contribution in [0.1, 0.15) is 76.1 Å². The minimum Gasteiger partial charge on any atom is -0.496 e. The van der Waals surface area contributed by atoms with Gasteiger partial charge in [-0.2, -0.15) is 0 Å². The van der Waals surface area contributed by atoms with E-state index in [4.69, 9.17) is 59.8 Å². The van der Waals surface area contributed by atoms with Gasteiger partial charge in [-0.15, -0.1) is 0 Å². The minimum atomic E-state index is -2.27. The lowest BCUT2D eigenvalue weighted by atomic mass is 9.47. The molecular formula is C55H71N3O20. The SMILES string of the molecule is C.CCC1=CC2CN(C1)CC1=C(Cc3ccccc31)[C@@](C(=O)OC)(c1cc3c(cc1OC)N(C)[C@H]1[C@@](O)(C(=O)OC)[C@H](OC(C)=O)[C@]4(CC)C=CCN5CC[C@]31[C@@H]54)C2.O=C(O)[C@H](O)[C@@H](O)C(=O)O.O=C(O)[C@H](O)[C@@H](O)C(=O)O. The molecule has 0 amide bonds. The van der Waals surface area contributed by atoms with Crippen LogP contribution in [0.25, 0.3) is 5.57 Å². The highest BCUT2D eigenvalue weighted by molar-refractivity contribution is 5.96. The Balaban J connectivity index is 0.000000398. The zero-order valence-corrected chi connectivity index (χ0v) is 43.7. The molecular weight excluding hydrogens is 1020 g/mol. The summed E-state index contributed by atoms with van der Waals surface area (Å²) in [6.07, 6.45) is -0.630. The number of fused-ring (bicyclic) bond motifs is 5. The first-order chi connectivity index (χ1) is 36.3. The van der Waals surface area contributed by atoms with Gasteiger partial charge in [-0.05, 0) is 78.5 Å². The van der Waals surface area contributed by atoms with Crippen LogP contribution < -0.4 is 9.64 Å². The number of benzene rings is 2. The van der Waals surface area contributed by atoms with Crippen molar-refractivity contribution in [2.24, 2.45) is 11.3 Å². The molecule has 23 nitrogen and oxygen atoms in total.